The first kappa shape index (κ1) is 19.8. The zero-order chi connectivity index (χ0) is 19.8. The van der Waals surface area contributed by atoms with Crippen molar-refractivity contribution in [3.8, 4) is 5.88 Å². The highest BCUT2D eigenvalue weighted by molar-refractivity contribution is 7.11. The lowest BCUT2D eigenvalue weighted by atomic mass is 10.2. The number of aromatic nitrogens is 2. The van der Waals surface area contributed by atoms with Crippen LogP contribution in [0, 0.1) is 13.8 Å². The lowest BCUT2D eigenvalue weighted by Gasteiger charge is -2.14. The second-order valence-electron chi connectivity index (χ2n) is 6.26. The van der Waals surface area contributed by atoms with Crippen LogP contribution in [0.5, 0.6) is 5.88 Å². The number of hydrogen-bond donors (Lipinski definition) is 2. The number of hydrogen-bond acceptors (Lipinski definition) is 5. The Labute approximate surface area is 169 Å². The van der Waals surface area contributed by atoms with Crippen molar-refractivity contribution in [3.63, 3.8) is 0 Å². The second-order valence-corrected chi connectivity index (χ2v) is 7.55. The van der Waals surface area contributed by atoms with Gasteiger partial charge in [-0.25, -0.2) is 9.97 Å². The Morgan fingerprint density at radius 1 is 1.07 bits per heavy atom. The van der Waals surface area contributed by atoms with Crippen LogP contribution in [0.25, 0.3) is 0 Å². The van der Waals surface area contributed by atoms with Crippen molar-refractivity contribution in [2.45, 2.75) is 33.5 Å². The van der Waals surface area contributed by atoms with Gasteiger partial charge in [0.2, 0.25) is 5.88 Å². The molecule has 28 heavy (non-hydrogen) atoms. The van der Waals surface area contributed by atoms with Crippen molar-refractivity contribution in [2.75, 3.05) is 7.05 Å². The van der Waals surface area contributed by atoms with E-state index in [1.807, 2.05) is 56.3 Å². The monoisotopic (exact) mass is 395 g/mol. The van der Waals surface area contributed by atoms with Gasteiger partial charge in [-0.05, 0) is 25.5 Å². The fourth-order valence-electron chi connectivity index (χ4n) is 2.72. The summed E-state index contributed by atoms with van der Waals surface area (Å²) in [5, 5.41) is 7.74. The molecule has 0 fully saturated rings. The average molecular weight is 396 g/mol. The van der Waals surface area contributed by atoms with Gasteiger partial charge in [-0.1, -0.05) is 36.4 Å². The molecule has 0 saturated carbocycles. The molecule has 6 nitrogen and oxygen atoms in total. The van der Waals surface area contributed by atoms with Crippen molar-refractivity contribution >= 4 is 17.3 Å². The van der Waals surface area contributed by atoms with Crippen LogP contribution in [-0.2, 0) is 19.7 Å². The maximum atomic E-state index is 5.92. The highest BCUT2D eigenvalue weighted by Gasteiger charge is 2.08. The summed E-state index contributed by atoms with van der Waals surface area (Å²) < 4.78 is 5.92. The summed E-state index contributed by atoms with van der Waals surface area (Å²) in [6, 6.07) is 14.0. The zero-order valence-electron chi connectivity index (χ0n) is 16.4. The second kappa shape index (κ2) is 9.85. The highest BCUT2D eigenvalue weighted by atomic mass is 32.1. The number of ether oxygens (including phenoxy) is 1. The Bertz CT molecular complexity index is 924. The minimum Gasteiger partial charge on any atom is -0.473 e. The highest BCUT2D eigenvalue weighted by Crippen LogP contribution is 2.17. The molecule has 0 amide bonds. The van der Waals surface area contributed by atoms with Crippen molar-refractivity contribution in [1.29, 1.82) is 0 Å². The lowest BCUT2D eigenvalue weighted by Crippen LogP contribution is -2.36. The van der Waals surface area contributed by atoms with E-state index in [2.05, 4.69) is 25.6 Å². The molecular formula is C21H25N5OS. The van der Waals surface area contributed by atoms with Gasteiger partial charge in [-0.15, -0.1) is 11.3 Å². The normalized spacial score (nSPS) is 11.3. The maximum Gasteiger partial charge on any atom is 0.218 e. The molecule has 3 aromatic rings. The van der Waals surface area contributed by atoms with Crippen molar-refractivity contribution < 1.29 is 4.74 Å². The molecule has 2 N–H and O–H groups in total. The SMILES string of the molecule is CN=C(NCc1cccnc1OCc1ccccc1)NCc1sc(C)nc1C. The minimum absolute atomic E-state index is 0.488. The molecule has 2 aromatic heterocycles. The van der Waals surface area contributed by atoms with Gasteiger partial charge in [0.15, 0.2) is 5.96 Å². The van der Waals surface area contributed by atoms with Gasteiger partial charge in [0.1, 0.15) is 6.61 Å². The van der Waals surface area contributed by atoms with Gasteiger partial charge in [-0.2, -0.15) is 0 Å². The predicted octanol–water partition coefficient (Wildman–Crippen LogP) is 3.60. The Morgan fingerprint density at radius 2 is 1.86 bits per heavy atom. The number of rotatable bonds is 7. The molecular weight excluding hydrogens is 370 g/mol. The van der Waals surface area contributed by atoms with Crippen LogP contribution in [0.4, 0.5) is 0 Å². The molecule has 1 aromatic carbocycles. The van der Waals surface area contributed by atoms with E-state index in [0.717, 1.165) is 27.8 Å². The molecule has 146 valence electrons. The number of nitrogens with one attached hydrogen (secondary N) is 2. The smallest absolute Gasteiger partial charge is 0.218 e. The summed E-state index contributed by atoms with van der Waals surface area (Å²) in [7, 11) is 1.76. The molecule has 0 bridgehead atoms. The molecule has 3 rings (SSSR count). The number of benzene rings is 1. The van der Waals surface area contributed by atoms with E-state index in [9.17, 15) is 0 Å². The Balaban J connectivity index is 1.56. The quantitative estimate of drug-likeness (QED) is 0.472. The Hall–Kier alpha value is -2.93. The maximum absolute atomic E-state index is 5.92. The van der Waals surface area contributed by atoms with Gasteiger partial charge in [-0.3, -0.25) is 4.99 Å². The van der Waals surface area contributed by atoms with Crippen molar-refractivity contribution in [1.82, 2.24) is 20.6 Å². The summed E-state index contributed by atoms with van der Waals surface area (Å²) in [5.41, 5.74) is 3.15. The Morgan fingerprint density at radius 3 is 2.57 bits per heavy atom. The average Bonchev–Trinajstić information content (AvgIpc) is 3.05. The minimum atomic E-state index is 0.488. The van der Waals surface area contributed by atoms with Crippen LogP contribution in [0.2, 0.25) is 0 Å². The molecule has 2 heterocycles. The van der Waals surface area contributed by atoms with Crippen LogP contribution in [-0.4, -0.2) is 23.0 Å². The molecule has 0 unspecified atom stereocenters. The van der Waals surface area contributed by atoms with Gasteiger partial charge in [0.25, 0.3) is 0 Å². The summed E-state index contributed by atoms with van der Waals surface area (Å²) in [6.07, 6.45) is 1.74. The molecule has 0 saturated heterocycles. The van der Waals surface area contributed by atoms with E-state index >= 15 is 0 Å². The summed E-state index contributed by atoms with van der Waals surface area (Å²) in [5.74, 6) is 1.35. The lowest BCUT2D eigenvalue weighted by molar-refractivity contribution is 0.290. The number of aliphatic imine (C=N–C) groups is 1. The van der Waals surface area contributed by atoms with Gasteiger partial charge >= 0.3 is 0 Å². The molecule has 0 radical (unpaired) electrons. The predicted molar refractivity (Wildman–Crippen MR) is 114 cm³/mol. The first-order chi connectivity index (χ1) is 13.7. The topological polar surface area (TPSA) is 71.4 Å². The van der Waals surface area contributed by atoms with Gasteiger partial charge in [0.05, 0.1) is 17.2 Å². The number of nitrogens with zero attached hydrogens (tertiary/aromatic N) is 3. The van der Waals surface area contributed by atoms with Crippen molar-refractivity contribution in [3.05, 3.63) is 75.4 Å². The van der Waals surface area contributed by atoms with E-state index in [4.69, 9.17) is 4.74 Å². The summed E-state index contributed by atoms with van der Waals surface area (Å²) in [4.78, 5) is 14.3. The van der Waals surface area contributed by atoms with Crippen molar-refractivity contribution in [2.24, 2.45) is 4.99 Å². The van der Waals surface area contributed by atoms with E-state index < -0.39 is 0 Å². The third-order valence-corrected chi connectivity index (χ3v) is 5.23. The summed E-state index contributed by atoms with van der Waals surface area (Å²) in [6.45, 7) is 5.80. The molecule has 7 heteroatoms. The number of thiazole rings is 1. The van der Waals surface area contributed by atoms with Gasteiger partial charge in [0, 0.05) is 30.2 Å². The third kappa shape index (κ3) is 5.53. The van der Waals surface area contributed by atoms with E-state index in [-0.39, 0.29) is 0 Å². The van der Waals surface area contributed by atoms with Crippen LogP contribution < -0.4 is 15.4 Å². The van der Waals surface area contributed by atoms with Crippen LogP contribution in [0.1, 0.15) is 26.7 Å². The largest absolute Gasteiger partial charge is 0.473 e. The fourth-order valence-corrected chi connectivity index (χ4v) is 3.59. The first-order valence-electron chi connectivity index (χ1n) is 9.13. The molecule has 0 atom stereocenters. The van der Waals surface area contributed by atoms with E-state index in [0.29, 0.717) is 25.6 Å². The summed E-state index contributed by atoms with van der Waals surface area (Å²) >= 11 is 1.70. The van der Waals surface area contributed by atoms with Crippen LogP contribution in [0.3, 0.4) is 0 Å². The van der Waals surface area contributed by atoms with Crippen LogP contribution >= 0.6 is 11.3 Å². The number of guanidine groups is 1. The molecule has 0 spiro atoms. The standard InChI is InChI=1S/C21H25N5OS/c1-15-19(28-16(2)26-15)13-25-21(22-3)24-12-18-10-7-11-23-20(18)27-14-17-8-5-4-6-9-17/h4-11H,12-14H2,1-3H3,(H2,22,24,25). The molecule has 0 aliphatic rings. The Kier molecular flexibility index (Phi) is 6.97. The van der Waals surface area contributed by atoms with E-state index in [1.54, 1.807) is 24.6 Å². The molecule has 0 aliphatic carbocycles. The zero-order valence-corrected chi connectivity index (χ0v) is 17.2. The molecule has 0 aliphatic heterocycles. The third-order valence-electron chi connectivity index (χ3n) is 4.15. The van der Waals surface area contributed by atoms with E-state index in [1.165, 1.54) is 4.88 Å². The van der Waals surface area contributed by atoms with Crippen LogP contribution in [0.15, 0.2) is 53.7 Å². The number of aryl methyl sites for hydroxylation is 2. The first-order valence-corrected chi connectivity index (χ1v) is 9.95. The fraction of sp³-hybridized carbons (Fsp3) is 0.286. The number of pyridine rings is 1. The van der Waals surface area contributed by atoms with Gasteiger partial charge < -0.3 is 15.4 Å².